The van der Waals surface area contributed by atoms with E-state index in [1.54, 1.807) is 13.2 Å². The number of phenolic OH excluding ortho intramolecular Hbond substituents is 1. The molecule has 1 aromatic heterocycles. The van der Waals surface area contributed by atoms with E-state index in [-0.39, 0.29) is 24.2 Å². The van der Waals surface area contributed by atoms with Gasteiger partial charge in [-0.15, -0.1) is 12.4 Å². The molecule has 3 aromatic rings. The highest BCUT2D eigenvalue weighted by molar-refractivity contribution is 5.86. The van der Waals surface area contributed by atoms with Gasteiger partial charge in [0.2, 0.25) is 0 Å². The van der Waals surface area contributed by atoms with Gasteiger partial charge in [0.15, 0.2) is 0 Å². The molecule has 162 valence electrons. The van der Waals surface area contributed by atoms with Gasteiger partial charge >= 0.3 is 0 Å². The number of aromatic hydroxyl groups is 1. The van der Waals surface area contributed by atoms with Crippen LogP contribution < -0.4 is 4.74 Å². The van der Waals surface area contributed by atoms with E-state index in [4.69, 9.17) is 9.72 Å². The van der Waals surface area contributed by atoms with Crippen molar-refractivity contribution >= 4 is 23.3 Å². The van der Waals surface area contributed by atoms with E-state index in [0.717, 1.165) is 52.9 Å². The van der Waals surface area contributed by atoms with E-state index in [1.807, 2.05) is 30.3 Å². The Balaban J connectivity index is 0.00000204. The second-order valence-corrected chi connectivity index (χ2v) is 9.27. The Hall–Kier alpha value is -2.34. The topological polar surface area (TPSA) is 65.8 Å². The first kappa shape index (κ1) is 20.6. The number of ether oxygens (including phenoxy) is 1. The Morgan fingerprint density at radius 1 is 1.13 bits per heavy atom. The quantitative estimate of drug-likeness (QED) is 0.609. The summed E-state index contributed by atoms with van der Waals surface area (Å²) in [5.74, 6) is 1.08. The molecule has 2 bridgehead atoms. The number of rotatable bonds is 1. The number of aromatic nitrogens is 1. The molecule has 0 spiro atoms. The van der Waals surface area contributed by atoms with Gasteiger partial charge in [-0.25, -0.2) is 0 Å². The minimum absolute atomic E-state index is 0. The van der Waals surface area contributed by atoms with Crippen molar-refractivity contribution in [3.05, 3.63) is 64.8 Å². The predicted molar refractivity (Wildman–Crippen MR) is 122 cm³/mol. The number of nitrogens with zero attached hydrogens (tertiary/aromatic N) is 2. The lowest BCUT2D eigenvalue weighted by Crippen LogP contribution is -2.73. The van der Waals surface area contributed by atoms with Crippen LogP contribution in [0.4, 0.5) is 0 Å². The van der Waals surface area contributed by atoms with Crippen molar-refractivity contribution in [3.8, 4) is 11.5 Å². The lowest BCUT2D eigenvalue weighted by atomic mass is 9.49. The number of pyridine rings is 1. The first-order chi connectivity index (χ1) is 14.4. The first-order valence-electron chi connectivity index (χ1n) is 10.7. The molecular weight excluding hydrogens is 412 g/mol. The number of halogens is 1. The van der Waals surface area contributed by atoms with Gasteiger partial charge in [-0.2, -0.15) is 0 Å². The lowest BCUT2D eigenvalue weighted by Gasteiger charge is -2.63. The van der Waals surface area contributed by atoms with Crippen LogP contribution in [0.5, 0.6) is 11.5 Å². The van der Waals surface area contributed by atoms with Crippen LogP contribution in [0, 0.1) is 0 Å². The van der Waals surface area contributed by atoms with E-state index in [9.17, 15) is 10.2 Å². The van der Waals surface area contributed by atoms with E-state index >= 15 is 0 Å². The maximum atomic E-state index is 12.3. The average molecular weight is 439 g/mol. The summed E-state index contributed by atoms with van der Waals surface area (Å²) in [6.07, 6.45) is 2.90. The van der Waals surface area contributed by atoms with Crippen molar-refractivity contribution in [3.63, 3.8) is 0 Å². The third kappa shape index (κ3) is 2.60. The van der Waals surface area contributed by atoms with Gasteiger partial charge in [0, 0.05) is 35.4 Å². The SMILES string of the molecule is COc1cccc2nc3c(cc12)C[C@@]1(O)[C@H]2Cc4ccc(O)cc4[C@@]1(CCN2C)C3.Cl. The monoisotopic (exact) mass is 438 g/mol. The number of methoxy groups -OCH3 is 1. The molecule has 1 saturated heterocycles. The maximum absolute atomic E-state index is 12.3. The predicted octanol–water partition coefficient (Wildman–Crippen LogP) is 3.40. The first-order valence-corrected chi connectivity index (χ1v) is 10.7. The minimum atomic E-state index is -0.898. The summed E-state index contributed by atoms with van der Waals surface area (Å²) in [6, 6.07) is 13.8. The normalized spacial score (nSPS) is 28.8. The third-order valence-corrected chi connectivity index (χ3v) is 7.96. The molecule has 3 aliphatic rings. The van der Waals surface area contributed by atoms with Crippen LogP contribution in [0.25, 0.3) is 10.9 Å². The number of phenols is 1. The number of benzene rings is 2. The average Bonchev–Trinajstić information content (AvgIpc) is 2.73. The molecular formula is C25H27ClN2O3. The molecule has 31 heavy (non-hydrogen) atoms. The van der Waals surface area contributed by atoms with E-state index in [0.29, 0.717) is 12.8 Å². The van der Waals surface area contributed by atoms with Gasteiger partial charge in [-0.3, -0.25) is 4.98 Å². The van der Waals surface area contributed by atoms with Gasteiger partial charge in [-0.1, -0.05) is 12.1 Å². The van der Waals surface area contributed by atoms with Crippen molar-refractivity contribution < 1.29 is 14.9 Å². The second-order valence-electron chi connectivity index (χ2n) is 9.27. The van der Waals surface area contributed by atoms with Crippen LogP contribution >= 0.6 is 12.4 Å². The molecule has 0 saturated carbocycles. The fraction of sp³-hybridized carbons (Fsp3) is 0.400. The molecule has 0 unspecified atom stereocenters. The summed E-state index contributed by atoms with van der Waals surface area (Å²) >= 11 is 0. The summed E-state index contributed by atoms with van der Waals surface area (Å²) in [5, 5.41) is 23.6. The maximum Gasteiger partial charge on any atom is 0.128 e. The van der Waals surface area contributed by atoms with Gasteiger partial charge < -0.3 is 19.8 Å². The number of fused-ring (bicyclic) bond motifs is 3. The Labute approximate surface area is 188 Å². The van der Waals surface area contributed by atoms with Crippen molar-refractivity contribution in [2.75, 3.05) is 20.7 Å². The number of likely N-dealkylation sites (N-methyl/N-ethyl adjacent to an activating group) is 1. The Bertz CT molecular complexity index is 1200. The number of aliphatic hydroxyl groups is 1. The summed E-state index contributed by atoms with van der Waals surface area (Å²) in [7, 11) is 3.80. The Morgan fingerprint density at radius 2 is 1.97 bits per heavy atom. The molecule has 6 rings (SSSR count). The zero-order valence-corrected chi connectivity index (χ0v) is 18.6. The molecule has 6 heteroatoms. The summed E-state index contributed by atoms with van der Waals surface area (Å²) in [6.45, 7) is 0.929. The number of hydrogen-bond donors (Lipinski definition) is 2. The zero-order chi connectivity index (χ0) is 20.7. The molecule has 3 atom stereocenters. The second kappa shape index (κ2) is 6.83. The molecule has 1 aliphatic heterocycles. The number of piperidine rings is 1. The zero-order valence-electron chi connectivity index (χ0n) is 17.8. The lowest BCUT2D eigenvalue weighted by molar-refractivity contribution is -0.145. The van der Waals surface area contributed by atoms with Crippen molar-refractivity contribution in [2.24, 2.45) is 0 Å². The third-order valence-electron chi connectivity index (χ3n) is 7.96. The molecule has 1 fully saturated rings. The molecule has 0 radical (unpaired) electrons. The Kier molecular flexibility index (Phi) is 4.53. The molecule has 5 nitrogen and oxygen atoms in total. The smallest absolute Gasteiger partial charge is 0.128 e. The van der Waals surface area contributed by atoms with Crippen LogP contribution in [-0.2, 0) is 24.7 Å². The number of hydrogen-bond acceptors (Lipinski definition) is 5. The highest BCUT2D eigenvalue weighted by Crippen LogP contribution is 2.57. The summed E-state index contributed by atoms with van der Waals surface area (Å²) < 4.78 is 5.56. The molecule has 2 aliphatic carbocycles. The van der Waals surface area contributed by atoms with Crippen molar-refractivity contribution in [2.45, 2.75) is 42.7 Å². The van der Waals surface area contributed by atoms with Gasteiger partial charge in [-0.05, 0) is 73.5 Å². The fourth-order valence-corrected chi connectivity index (χ4v) is 6.45. The highest BCUT2D eigenvalue weighted by Gasteiger charge is 2.64. The van der Waals surface area contributed by atoms with Crippen LogP contribution in [0.2, 0.25) is 0 Å². The van der Waals surface area contributed by atoms with Crippen LogP contribution in [-0.4, -0.2) is 52.4 Å². The van der Waals surface area contributed by atoms with Gasteiger partial charge in [0.05, 0.1) is 18.2 Å². The molecule has 2 heterocycles. The number of likely N-dealkylation sites (tertiary alicyclic amines) is 1. The molecule has 2 aromatic carbocycles. The summed E-state index contributed by atoms with van der Waals surface area (Å²) in [5.41, 5.74) is 4.10. The molecule has 2 N–H and O–H groups in total. The van der Waals surface area contributed by atoms with Crippen LogP contribution in [0.15, 0.2) is 42.5 Å². The Morgan fingerprint density at radius 3 is 2.77 bits per heavy atom. The van der Waals surface area contributed by atoms with Gasteiger partial charge in [0.1, 0.15) is 11.5 Å². The van der Waals surface area contributed by atoms with E-state index < -0.39 is 11.0 Å². The highest BCUT2D eigenvalue weighted by atomic mass is 35.5. The standard InChI is InChI=1S/C25H26N2O3.ClH/c1-27-9-8-24-14-21-16(10-18-20(26-21)4-3-5-22(18)30-2)13-25(24,29)23(27)11-15-6-7-17(28)12-19(15)24;/h3-7,10,12,23,28-29H,8-9,11,13-14H2,1-2H3;1H/t23-,24-,25-;/m1./s1. The van der Waals surface area contributed by atoms with Gasteiger partial charge in [0.25, 0.3) is 0 Å². The van der Waals surface area contributed by atoms with Crippen LogP contribution in [0.1, 0.15) is 28.8 Å². The fourth-order valence-electron chi connectivity index (χ4n) is 6.45. The van der Waals surface area contributed by atoms with E-state index in [1.165, 1.54) is 5.56 Å². The van der Waals surface area contributed by atoms with Crippen molar-refractivity contribution in [1.82, 2.24) is 9.88 Å². The minimum Gasteiger partial charge on any atom is -0.508 e. The van der Waals surface area contributed by atoms with Crippen LogP contribution in [0.3, 0.4) is 0 Å². The van der Waals surface area contributed by atoms with Crippen molar-refractivity contribution in [1.29, 1.82) is 0 Å². The van der Waals surface area contributed by atoms with E-state index in [2.05, 4.69) is 18.0 Å². The largest absolute Gasteiger partial charge is 0.508 e. The molecule has 0 amide bonds. The summed E-state index contributed by atoms with van der Waals surface area (Å²) in [4.78, 5) is 7.35.